The second-order valence-electron chi connectivity index (χ2n) is 5.50. The van der Waals surface area contributed by atoms with E-state index in [0.717, 1.165) is 5.92 Å². The Kier molecular flexibility index (Phi) is 6.43. The summed E-state index contributed by atoms with van der Waals surface area (Å²) < 4.78 is 0. The summed E-state index contributed by atoms with van der Waals surface area (Å²) in [5.74, 6) is 2.81. The SMILES string of the molecule is CCC(C)[C@H](N)C(CC(C)C)C(C)C. The van der Waals surface area contributed by atoms with Gasteiger partial charge in [-0.3, -0.25) is 0 Å². The molecule has 1 nitrogen and oxygen atoms in total. The molecule has 0 amide bonds. The fourth-order valence-corrected chi connectivity index (χ4v) is 2.11. The summed E-state index contributed by atoms with van der Waals surface area (Å²) in [5, 5.41) is 0. The van der Waals surface area contributed by atoms with Gasteiger partial charge in [0.05, 0.1) is 0 Å². The van der Waals surface area contributed by atoms with Crippen LogP contribution < -0.4 is 5.73 Å². The van der Waals surface area contributed by atoms with Crippen molar-refractivity contribution in [1.29, 1.82) is 0 Å². The van der Waals surface area contributed by atoms with Gasteiger partial charge in [-0.15, -0.1) is 0 Å². The smallest absolute Gasteiger partial charge is 0.00954 e. The zero-order valence-electron chi connectivity index (χ0n) is 10.9. The molecule has 14 heavy (non-hydrogen) atoms. The Labute approximate surface area is 90.5 Å². The largest absolute Gasteiger partial charge is 0.327 e. The van der Waals surface area contributed by atoms with Crippen LogP contribution in [-0.2, 0) is 0 Å². The Balaban J connectivity index is 4.32. The molecule has 0 saturated carbocycles. The molecule has 0 aromatic rings. The fourth-order valence-electron chi connectivity index (χ4n) is 2.11. The summed E-state index contributed by atoms with van der Waals surface area (Å²) in [6.45, 7) is 13.7. The van der Waals surface area contributed by atoms with Gasteiger partial charge in [-0.25, -0.2) is 0 Å². The fraction of sp³-hybridized carbons (Fsp3) is 1.00. The molecule has 2 unspecified atom stereocenters. The highest BCUT2D eigenvalue weighted by atomic mass is 14.7. The van der Waals surface area contributed by atoms with Gasteiger partial charge in [0, 0.05) is 6.04 Å². The standard InChI is InChI=1S/C13H29N/c1-7-11(6)13(14)12(10(4)5)8-9(2)3/h9-13H,7-8,14H2,1-6H3/t11?,12?,13-/m0/s1. The molecule has 0 aliphatic rings. The lowest BCUT2D eigenvalue weighted by Crippen LogP contribution is -2.39. The normalized spacial score (nSPS) is 18.6. The first-order chi connectivity index (χ1) is 6.40. The van der Waals surface area contributed by atoms with E-state index in [1.807, 2.05) is 0 Å². The minimum atomic E-state index is 0.377. The van der Waals surface area contributed by atoms with Crippen LogP contribution in [0.3, 0.4) is 0 Å². The Morgan fingerprint density at radius 3 is 1.79 bits per heavy atom. The maximum Gasteiger partial charge on any atom is 0.00954 e. The van der Waals surface area contributed by atoms with Crippen LogP contribution >= 0.6 is 0 Å². The van der Waals surface area contributed by atoms with Crippen molar-refractivity contribution in [3.8, 4) is 0 Å². The van der Waals surface area contributed by atoms with Gasteiger partial charge >= 0.3 is 0 Å². The first kappa shape index (κ1) is 14.0. The van der Waals surface area contributed by atoms with Gasteiger partial charge in [0.2, 0.25) is 0 Å². The zero-order valence-corrected chi connectivity index (χ0v) is 10.9. The van der Waals surface area contributed by atoms with Crippen LogP contribution in [0.2, 0.25) is 0 Å². The third kappa shape index (κ3) is 4.45. The summed E-state index contributed by atoms with van der Waals surface area (Å²) in [4.78, 5) is 0. The van der Waals surface area contributed by atoms with E-state index in [1.54, 1.807) is 0 Å². The van der Waals surface area contributed by atoms with Gasteiger partial charge in [0.1, 0.15) is 0 Å². The maximum atomic E-state index is 6.32. The molecule has 86 valence electrons. The van der Waals surface area contributed by atoms with Crippen molar-refractivity contribution in [3.05, 3.63) is 0 Å². The van der Waals surface area contributed by atoms with Crippen LogP contribution in [0.1, 0.15) is 54.4 Å². The Bertz CT molecular complexity index is 140. The van der Waals surface area contributed by atoms with Crippen molar-refractivity contribution >= 4 is 0 Å². The second-order valence-corrected chi connectivity index (χ2v) is 5.50. The highest BCUT2D eigenvalue weighted by molar-refractivity contribution is 4.80. The van der Waals surface area contributed by atoms with Crippen LogP contribution in [0.15, 0.2) is 0 Å². The molecule has 0 bridgehead atoms. The lowest BCUT2D eigenvalue weighted by atomic mass is 9.77. The first-order valence-electron chi connectivity index (χ1n) is 6.15. The predicted octanol–water partition coefficient (Wildman–Crippen LogP) is 3.68. The molecule has 0 saturated heterocycles. The van der Waals surface area contributed by atoms with Crippen LogP contribution in [0.4, 0.5) is 0 Å². The summed E-state index contributed by atoms with van der Waals surface area (Å²) in [7, 11) is 0. The van der Waals surface area contributed by atoms with Gasteiger partial charge in [0.25, 0.3) is 0 Å². The summed E-state index contributed by atoms with van der Waals surface area (Å²) >= 11 is 0. The molecule has 2 N–H and O–H groups in total. The van der Waals surface area contributed by atoms with Crippen LogP contribution in [0.5, 0.6) is 0 Å². The van der Waals surface area contributed by atoms with Crippen LogP contribution in [0.25, 0.3) is 0 Å². The molecule has 0 heterocycles. The number of hydrogen-bond donors (Lipinski definition) is 1. The Morgan fingerprint density at radius 2 is 1.50 bits per heavy atom. The number of nitrogens with two attached hydrogens (primary N) is 1. The minimum absolute atomic E-state index is 0.377. The van der Waals surface area contributed by atoms with E-state index in [9.17, 15) is 0 Å². The maximum absolute atomic E-state index is 6.32. The Morgan fingerprint density at radius 1 is 1.00 bits per heavy atom. The molecule has 0 spiro atoms. The average Bonchev–Trinajstić information content (AvgIpc) is 2.11. The van der Waals surface area contributed by atoms with Crippen molar-refractivity contribution in [2.24, 2.45) is 29.4 Å². The average molecular weight is 199 g/mol. The third-order valence-electron chi connectivity index (χ3n) is 3.40. The highest BCUT2D eigenvalue weighted by Gasteiger charge is 2.25. The van der Waals surface area contributed by atoms with Crippen molar-refractivity contribution in [2.75, 3.05) is 0 Å². The molecular weight excluding hydrogens is 170 g/mol. The quantitative estimate of drug-likeness (QED) is 0.694. The number of hydrogen-bond acceptors (Lipinski definition) is 1. The predicted molar refractivity (Wildman–Crippen MR) is 65.2 cm³/mol. The molecular formula is C13H29N. The van der Waals surface area contributed by atoms with Gasteiger partial charge in [-0.05, 0) is 30.1 Å². The molecule has 0 rings (SSSR count). The highest BCUT2D eigenvalue weighted by Crippen LogP contribution is 2.27. The first-order valence-corrected chi connectivity index (χ1v) is 6.15. The summed E-state index contributed by atoms with van der Waals surface area (Å²) in [6, 6.07) is 0.377. The lowest BCUT2D eigenvalue weighted by molar-refractivity contribution is 0.218. The molecule has 0 aromatic carbocycles. The molecule has 1 heteroatoms. The minimum Gasteiger partial charge on any atom is -0.327 e. The molecule has 0 aromatic heterocycles. The topological polar surface area (TPSA) is 26.0 Å². The van der Waals surface area contributed by atoms with Crippen molar-refractivity contribution < 1.29 is 0 Å². The van der Waals surface area contributed by atoms with Gasteiger partial charge < -0.3 is 5.73 Å². The van der Waals surface area contributed by atoms with Crippen LogP contribution in [-0.4, -0.2) is 6.04 Å². The lowest BCUT2D eigenvalue weighted by Gasteiger charge is -2.32. The summed E-state index contributed by atoms with van der Waals surface area (Å²) in [6.07, 6.45) is 2.46. The second kappa shape index (κ2) is 6.44. The van der Waals surface area contributed by atoms with E-state index in [0.29, 0.717) is 23.8 Å². The summed E-state index contributed by atoms with van der Waals surface area (Å²) in [5.41, 5.74) is 6.32. The van der Waals surface area contributed by atoms with E-state index in [1.165, 1.54) is 12.8 Å². The van der Waals surface area contributed by atoms with Crippen LogP contribution in [0, 0.1) is 23.7 Å². The molecule has 0 fully saturated rings. The van der Waals surface area contributed by atoms with Gasteiger partial charge in [0.15, 0.2) is 0 Å². The van der Waals surface area contributed by atoms with Gasteiger partial charge in [-0.1, -0.05) is 48.0 Å². The van der Waals surface area contributed by atoms with E-state index >= 15 is 0 Å². The van der Waals surface area contributed by atoms with E-state index < -0.39 is 0 Å². The van der Waals surface area contributed by atoms with Gasteiger partial charge in [-0.2, -0.15) is 0 Å². The molecule has 0 aliphatic carbocycles. The number of rotatable bonds is 6. The molecule has 0 aliphatic heterocycles. The van der Waals surface area contributed by atoms with Crippen molar-refractivity contribution in [2.45, 2.75) is 60.4 Å². The monoisotopic (exact) mass is 199 g/mol. The molecule has 3 atom stereocenters. The van der Waals surface area contributed by atoms with E-state index in [-0.39, 0.29) is 0 Å². The zero-order chi connectivity index (χ0) is 11.3. The van der Waals surface area contributed by atoms with Crippen molar-refractivity contribution in [1.82, 2.24) is 0 Å². The van der Waals surface area contributed by atoms with E-state index in [4.69, 9.17) is 5.73 Å². The van der Waals surface area contributed by atoms with Crippen molar-refractivity contribution in [3.63, 3.8) is 0 Å². The Hall–Kier alpha value is -0.0400. The third-order valence-corrected chi connectivity index (χ3v) is 3.40. The molecule has 0 radical (unpaired) electrons. The van der Waals surface area contributed by atoms with E-state index in [2.05, 4.69) is 41.5 Å².